The maximum Gasteiger partial charge on any atom is 0.165 e. The molecule has 0 spiro atoms. The van der Waals surface area contributed by atoms with Crippen LogP contribution in [0.4, 0.5) is 0 Å². The number of hydrogen-bond donors (Lipinski definition) is 0. The molecule has 0 amide bonds. The Morgan fingerprint density at radius 3 is 1.67 bits per heavy atom. The first-order valence-corrected chi connectivity index (χ1v) is 19.8. The van der Waals surface area contributed by atoms with Gasteiger partial charge < -0.3 is 8.98 Å². The number of hydrogen-bond acceptors (Lipinski definition) is 5. The van der Waals surface area contributed by atoms with Crippen LogP contribution in [0.15, 0.2) is 186 Å². The first kappa shape index (κ1) is 31.9. The Labute approximate surface area is 330 Å². The summed E-state index contributed by atoms with van der Waals surface area (Å²) in [5.74, 6) is 1.95. The molecule has 0 atom stereocenters. The number of rotatable bonds is 5. The second kappa shape index (κ2) is 12.6. The van der Waals surface area contributed by atoms with E-state index in [0.717, 1.165) is 60.1 Å². The van der Waals surface area contributed by atoms with Gasteiger partial charge in [0.05, 0.1) is 11.0 Å². The quantitative estimate of drug-likeness (QED) is 0.176. The molecule has 0 aliphatic heterocycles. The molecule has 0 N–H and O–H groups in total. The fourth-order valence-electron chi connectivity index (χ4n) is 8.56. The van der Waals surface area contributed by atoms with E-state index in [1.165, 1.54) is 37.3 Å². The SMILES string of the molecule is c1ccc(-c2nc(-c3ccccc3)nc(-c3cccc4c3sc3cccc(-c5cccc6oc7ccc(-n8c9ccccc9c9ccccc98)cc7c56)c34)n2)cc1. The van der Waals surface area contributed by atoms with Crippen LogP contribution < -0.4 is 0 Å². The molecule has 266 valence electrons. The van der Waals surface area contributed by atoms with Gasteiger partial charge in [0.15, 0.2) is 17.5 Å². The maximum absolute atomic E-state index is 6.59. The average molecular weight is 747 g/mol. The highest BCUT2D eigenvalue weighted by Gasteiger charge is 2.21. The van der Waals surface area contributed by atoms with E-state index < -0.39 is 0 Å². The van der Waals surface area contributed by atoms with Crippen molar-refractivity contribution in [2.75, 3.05) is 0 Å². The molecule has 4 aromatic heterocycles. The maximum atomic E-state index is 6.59. The summed E-state index contributed by atoms with van der Waals surface area (Å²) in [6.45, 7) is 0. The first-order chi connectivity index (χ1) is 28.3. The van der Waals surface area contributed by atoms with Crippen LogP contribution in [0, 0.1) is 0 Å². The summed E-state index contributed by atoms with van der Waals surface area (Å²) in [4.78, 5) is 15.2. The standard InChI is InChI=1S/C51H30N4OS/c1-3-14-31(15-4-1)49-52-50(32-16-5-2-6-17-32)54-51(53-49)39-23-11-22-38-47-37(21-13-27-45(47)57-48(38)39)36-20-12-26-44-46(36)40-30-33(28-29-43(40)56-44)55-41-24-9-7-18-34(41)35-19-8-10-25-42(35)55/h1-30H. The van der Waals surface area contributed by atoms with Gasteiger partial charge >= 0.3 is 0 Å². The zero-order chi connectivity index (χ0) is 37.5. The lowest BCUT2D eigenvalue weighted by Gasteiger charge is -2.10. The largest absolute Gasteiger partial charge is 0.456 e. The minimum Gasteiger partial charge on any atom is -0.456 e. The fourth-order valence-corrected chi connectivity index (χ4v) is 9.79. The smallest absolute Gasteiger partial charge is 0.165 e. The van der Waals surface area contributed by atoms with Gasteiger partial charge in [-0.15, -0.1) is 11.3 Å². The molecule has 8 aromatic carbocycles. The summed E-state index contributed by atoms with van der Waals surface area (Å²) in [5, 5.41) is 7.05. The lowest BCUT2D eigenvalue weighted by molar-refractivity contribution is 0.669. The lowest BCUT2D eigenvalue weighted by atomic mass is 9.95. The monoisotopic (exact) mass is 746 g/mol. The summed E-state index contributed by atoms with van der Waals surface area (Å²) in [7, 11) is 0. The molecule has 12 aromatic rings. The van der Waals surface area contributed by atoms with Gasteiger partial charge in [0.25, 0.3) is 0 Å². The highest BCUT2D eigenvalue weighted by molar-refractivity contribution is 7.26. The number of benzene rings is 8. The molecule has 57 heavy (non-hydrogen) atoms. The summed E-state index contributed by atoms with van der Waals surface area (Å²) < 4.78 is 11.3. The van der Waals surface area contributed by atoms with Crippen molar-refractivity contribution in [3.05, 3.63) is 182 Å². The van der Waals surface area contributed by atoms with Crippen molar-refractivity contribution in [2.24, 2.45) is 0 Å². The van der Waals surface area contributed by atoms with Crippen LogP contribution in [0.1, 0.15) is 0 Å². The fraction of sp³-hybridized carbons (Fsp3) is 0. The number of fused-ring (bicyclic) bond motifs is 9. The number of thiophene rings is 1. The third-order valence-corrected chi connectivity index (χ3v) is 12.3. The van der Waals surface area contributed by atoms with Crippen molar-refractivity contribution in [3.8, 4) is 51.0 Å². The number of furan rings is 1. The molecular formula is C51H30N4OS. The predicted molar refractivity (Wildman–Crippen MR) is 236 cm³/mol. The molecule has 0 aliphatic rings. The van der Waals surface area contributed by atoms with Crippen LogP contribution >= 0.6 is 11.3 Å². The van der Waals surface area contributed by atoms with Crippen molar-refractivity contribution in [2.45, 2.75) is 0 Å². The van der Waals surface area contributed by atoms with Crippen LogP contribution in [-0.4, -0.2) is 19.5 Å². The van der Waals surface area contributed by atoms with Crippen molar-refractivity contribution in [3.63, 3.8) is 0 Å². The zero-order valence-electron chi connectivity index (χ0n) is 30.4. The van der Waals surface area contributed by atoms with E-state index in [-0.39, 0.29) is 0 Å². The van der Waals surface area contributed by atoms with Crippen LogP contribution in [-0.2, 0) is 0 Å². The average Bonchev–Trinajstić information content (AvgIpc) is 3.96. The zero-order valence-corrected chi connectivity index (χ0v) is 31.2. The Bertz CT molecular complexity index is 3420. The van der Waals surface area contributed by atoms with E-state index in [0.29, 0.717) is 17.5 Å². The Balaban J connectivity index is 1.07. The van der Waals surface area contributed by atoms with Gasteiger partial charge in [-0.1, -0.05) is 133 Å². The molecule has 0 bridgehead atoms. The van der Waals surface area contributed by atoms with Crippen molar-refractivity contribution in [1.29, 1.82) is 0 Å². The van der Waals surface area contributed by atoms with Gasteiger partial charge in [0.1, 0.15) is 11.2 Å². The van der Waals surface area contributed by atoms with Gasteiger partial charge in [-0.25, -0.2) is 15.0 Å². The molecule has 0 radical (unpaired) electrons. The van der Waals surface area contributed by atoms with Crippen LogP contribution in [0.3, 0.4) is 0 Å². The summed E-state index contributed by atoms with van der Waals surface area (Å²) >= 11 is 1.78. The van der Waals surface area contributed by atoms with Gasteiger partial charge in [-0.3, -0.25) is 0 Å². The Morgan fingerprint density at radius 1 is 0.404 bits per heavy atom. The molecule has 0 fully saturated rings. The number of aromatic nitrogens is 4. The van der Waals surface area contributed by atoms with Crippen LogP contribution in [0.2, 0.25) is 0 Å². The lowest BCUT2D eigenvalue weighted by Crippen LogP contribution is -2.00. The van der Waals surface area contributed by atoms with E-state index in [1.54, 1.807) is 11.3 Å². The Morgan fingerprint density at radius 2 is 0.965 bits per heavy atom. The summed E-state index contributed by atoms with van der Waals surface area (Å²) in [5.41, 5.74) is 10.4. The van der Waals surface area contributed by atoms with Crippen LogP contribution in [0.5, 0.6) is 0 Å². The predicted octanol–water partition coefficient (Wildman–Crippen LogP) is 13.9. The van der Waals surface area contributed by atoms with E-state index in [1.807, 2.05) is 60.7 Å². The molecule has 5 nitrogen and oxygen atoms in total. The molecule has 6 heteroatoms. The van der Waals surface area contributed by atoms with Crippen molar-refractivity contribution < 1.29 is 4.42 Å². The van der Waals surface area contributed by atoms with Crippen LogP contribution in [0.25, 0.3) is 115 Å². The summed E-state index contributed by atoms with van der Waals surface area (Å²) in [6.07, 6.45) is 0. The highest BCUT2D eigenvalue weighted by Crippen LogP contribution is 2.46. The molecular weight excluding hydrogens is 717 g/mol. The molecule has 0 saturated heterocycles. The third-order valence-electron chi connectivity index (χ3n) is 11.1. The Hall–Kier alpha value is -7.41. The van der Waals surface area contributed by atoms with E-state index in [9.17, 15) is 0 Å². The van der Waals surface area contributed by atoms with E-state index in [2.05, 4.69) is 126 Å². The van der Waals surface area contributed by atoms with E-state index in [4.69, 9.17) is 19.4 Å². The van der Waals surface area contributed by atoms with Crippen molar-refractivity contribution >= 4 is 75.3 Å². The molecule has 12 rings (SSSR count). The van der Waals surface area contributed by atoms with E-state index >= 15 is 0 Å². The van der Waals surface area contributed by atoms with Gasteiger partial charge in [0, 0.05) is 64.1 Å². The van der Waals surface area contributed by atoms with Gasteiger partial charge in [0.2, 0.25) is 0 Å². The minimum absolute atomic E-state index is 0.650. The normalized spacial score (nSPS) is 11.9. The third kappa shape index (κ3) is 4.98. The number of para-hydroxylation sites is 2. The van der Waals surface area contributed by atoms with Crippen molar-refractivity contribution in [1.82, 2.24) is 19.5 Å². The second-order valence-corrected chi connectivity index (χ2v) is 15.4. The first-order valence-electron chi connectivity index (χ1n) is 19.0. The summed E-state index contributed by atoms with van der Waals surface area (Å²) in [6, 6.07) is 63.7. The molecule has 0 saturated carbocycles. The second-order valence-electron chi connectivity index (χ2n) is 14.3. The molecule has 0 aliphatic carbocycles. The molecule has 0 unspecified atom stereocenters. The Kier molecular flexibility index (Phi) is 7.03. The minimum atomic E-state index is 0.650. The van der Waals surface area contributed by atoms with Gasteiger partial charge in [-0.05, 0) is 59.7 Å². The molecule has 4 heterocycles. The highest BCUT2D eigenvalue weighted by atomic mass is 32.1. The topological polar surface area (TPSA) is 56.7 Å². The number of nitrogens with zero attached hydrogens (tertiary/aromatic N) is 4. The van der Waals surface area contributed by atoms with Gasteiger partial charge in [-0.2, -0.15) is 0 Å².